The molecule has 1 atom stereocenters. The van der Waals surface area contributed by atoms with Crippen molar-refractivity contribution in [3.63, 3.8) is 0 Å². The maximum atomic E-state index is 12.4. The molecule has 2 saturated heterocycles. The minimum absolute atomic E-state index is 0.226. The minimum atomic E-state index is -0.476. The van der Waals surface area contributed by atoms with Crippen molar-refractivity contribution in [1.29, 1.82) is 5.26 Å². The highest BCUT2D eigenvalue weighted by Crippen LogP contribution is 2.34. The van der Waals surface area contributed by atoms with Gasteiger partial charge < -0.3 is 14.4 Å². The summed E-state index contributed by atoms with van der Waals surface area (Å²) in [4.78, 5) is 16.6. The summed E-state index contributed by atoms with van der Waals surface area (Å²) in [5.41, 5.74) is 3.69. The summed E-state index contributed by atoms with van der Waals surface area (Å²) in [6.07, 6.45) is 6.07. The number of amides is 1. The monoisotopic (exact) mass is 477 g/mol. The van der Waals surface area contributed by atoms with Crippen LogP contribution in [0.25, 0.3) is 16.6 Å². The van der Waals surface area contributed by atoms with Crippen LogP contribution in [0.2, 0.25) is 0 Å². The number of hydrogen-bond acceptors (Lipinski definition) is 7. The summed E-state index contributed by atoms with van der Waals surface area (Å²) >= 11 is 0. The predicted octanol–water partition coefficient (Wildman–Crippen LogP) is 3.25. The van der Waals surface area contributed by atoms with Gasteiger partial charge in [-0.05, 0) is 40.2 Å². The zero-order valence-corrected chi connectivity index (χ0v) is 20.9. The van der Waals surface area contributed by atoms with Crippen molar-refractivity contribution in [2.75, 3.05) is 33.3 Å². The van der Waals surface area contributed by atoms with Crippen LogP contribution in [0.3, 0.4) is 0 Å². The zero-order chi connectivity index (χ0) is 24.9. The maximum absolute atomic E-state index is 12.4. The van der Waals surface area contributed by atoms with Crippen molar-refractivity contribution in [1.82, 2.24) is 29.2 Å². The summed E-state index contributed by atoms with van der Waals surface area (Å²) in [6, 6.07) is 4.74. The first-order valence-corrected chi connectivity index (χ1v) is 11.9. The Hall–Kier alpha value is -3.58. The van der Waals surface area contributed by atoms with Gasteiger partial charge in [0.2, 0.25) is 0 Å². The molecule has 184 valence electrons. The van der Waals surface area contributed by atoms with E-state index in [0.29, 0.717) is 35.5 Å². The second kappa shape index (κ2) is 8.57. The van der Waals surface area contributed by atoms with Crippen LogP contribution in [-0.4, -0.2) is 80.2 Å². The van der Waals surface area contributed by atoms with E-state index in [-0.39, 0.29) is 6.09 Å². The lowest BCUT2D eigenvalue weighted by atomic mass is 10.0. The molecule has 0 saturated carbocycles. The third-order valence-electron chi connectivity index (χ3n) is 6.84. The summed E-state index contributed by atoms with van der Waals surface area (Å²) in [5.74, 6) is 0.606. The van der Waals surface area contributed by atoms with Crippen LogP contribution in [-0.2, 0) is 4.74 Å². The molecule has 5 rings (SSSR count). The van der Waals surface area contributed by atoms with Crippen molar-refractivity contribution in [3.05, 3.63) is 35.9 Å². The number of fused-ring (bicyclic) bond motifs is 1. The molecule has 35 heavy (non-hydrogen) atoms. The lowest BCUT2D eigenvalue weighted by Gasteiger charge is -2.43. The number of rotatable bonds is 4. The Labute approximate surface area is 204 Å². The summed E-state index contributed by atoms with van der Waals surface area (Å²) in [6.45, 7) is 11.0. The lowest BCUT2D eigenvalue weighted by molar-refractivity contribution is 0.0232. The average molecular weight is 478 g/mol. The van der Waals surface area contributed by atoms with Crippen LogP contribution in [0.15, 0.2) is 24.7 Å². The Morgan fingerprint density at radius 3 is 2.63 bits per heavy atom. The Balaban J connectivity index is 1.27. The molecule has 3 aromatic rings. The quantitative estimate of drug-likeness (QED) is 0.568. The molecule has 1 amide bonds. The van der Waals surface area contributed by atoms with E-state index in [1.807, 2.05) is 44.1 Å². The van der Waals surface area contributed by atoms with E-state index >= 15 is 0 Å². The second-order valence-electron chi connectivity index (χ2n) is 10.3. The molecule has 10 nitrogen and oxygen atoms in total. The Morgan fingerprint density at radius 1 is 1.17 bits per heavy atom. The van der Waals surface area contributed by atoms with Crippen LogP contribution in [0.1, 0.15) is 44.5 Å². The van der Waals surface area contributed by atoms with Crippen molar-refractivity contribution < 1.29 is 14.3 Å². The second-order valence-corrected chi connectivity index (χ2v) is 10.3. The number of pyridine rings is 1. The number of nitriles is 1. The number of methoxy groups -OCH3 is 1. The molecule has 2 fully saturated rings. The van der Waals surface area contributed by atoms with Crippen LogP contribution in [0.4, 0.5) is 4.79 Å². The van der Waals surface area contributed by atoms with E-state index in [2.05, 4.69) is 27.7 Å². The normalized spacial score (nSPS) is 19.1. The number of nitrogens with zero attached hydrogens (tertiary/aromatic N) is 7. The van der Waals surface area contributed by atoms with Crippen molar-refractivity contribution in [2.24, 2.45) is 0 Å². The standard InChI is InChI=1S/C25H31N7O3/c1-16-21(17-8-22(34-5)23-18(9-26)10-27-31(23)12-17)11-28-32(16)20-14-30(15-20)19-6-7-29(13-19)24(33)35-25(2,3)4/h8,10-12,19-20H,6-7,13-15H2,1-5H3/t19-/m0/s1. The van der Waals surface area contributed by atoms with Crippen molar-refractivity contribution in [2.45, 2.75) is 51.8 Å². The molecule has 0 aliphatic carbocycles. The van der Waals surface area contributed by atoms with Crippen LogP contribution >= 0.6 is 0 Å². The fourth-order valence-corrected chi connectivity index (χ4v) is 5.02. The largest absolute Gasteiger partial charge is 0.494 e. The highest BCUT2D eigenvalue weighted by Gasteiger charge is 2.39. The minimum Gasteiger partial charge on any atom is -0.494 e. The van der Waals surface area contributed by atoms with Crippen LogP contribution < -0.4 is 4.74 Å². The topological polar surface area (TPSA) is 101 Å². The number of likely N-dealkylation sites (tertiary alicyclic amines) is 2. The molecular formula is C25H31N7O3. The highest BCUT2D eigenvalue weighted by molar-refractivity contribution is 5.76. The van der Waals surface area contributed by atoms with Gasteiger partial charge in [-0.25, -0.2) is 9.31 Å². The van der Waals surface area contributed by atoms with Gasteiger partial charge in [0.05, 0.1) is 25.5 Å². The fraction of sp³-hybridized carbons (Fsp3) is 0.520. The Kier molecular flexibility index (Phi) is 5.68. The molecule has 5 heterocycles. The van der Waals surface area contributed by atoms with E-state index in [0.717, 1.165) is 42.9 Å². The Bertz CT molecular complexity index is 1310. The van der Waals surface area contributed by atoms with E-state index in [9.17, 15) is 10.1 Å². The molecular weight excluding hydrogens is 446 g/mol. The molecule has 0 bridgehead atoms. The third-order valence-corrected chi connectivity index (χ3v) is 6.84. The summed E-state index contributed by atoms with van der Waals surface area (Å²) < 4.78 is 14.9. The zero-order valence-electron chi connectivity index (χ0n) is 20.9. The number of carbonyl (C=O) groups excluding carboxylic acids is 1. The molecule has 0 aromatic carbocycles. The average Bonchev–Trinajstić information content (AvgIpc) is 3.50. The van der Waals surface area contributed by atoms with Gasteiger partial charge in [-0.1, -0.05) is 0 Å². The van der Waals surface area contributed by atoms with Gasteiger partial charge in [0.1, 0.15) is 28.5 Å². The van der Waals surface area contributed by atoms with Gasteiger partial charge in [-0.15, -0.1) is 0 Å². The highest BCUT2D eigenvalue weighted by atomic mass is 16.6. The van der Waals surface area contributed by atoms with E-state index in [1.54, 1.807) is 17.8 Å². The maximum Gasteiger partial charge on any atom is 0.410 e. The SMILES string of the molecule is COc1cc(-c2cnn(C3CN([C@H]4CCN(C(=O)OC(C)(C)C)C4)C3)c2C)cn2ncc(C#N)c12. The van der Waals surface area contributed by atoms with Gasteiger partial charge in [-0.3, -0.25) is 9.58 Å². The van der Waals surface area contributed by atoms with Crippen molar-refractivity contribution in [3.8, 4) is 22.9 Å². The fourth-order valence-electron chi connectivity index (χ4n) is 5.02. The van der Waals surface area contributed by atoms with Gasteiger partial charge in [0.15, 0.2) is 0 Å². The van der Waals surface area contributed by atoms with Gasteiger partial charge in [-0.2, -0.15) is 15.5 Å². The first-order chi connectivity index (χ1) is 16.7. The van der Waals surface area contributed by atoms with Gasteiger partial charge in [0, 0.05) is 55.2 Å². The molecule has 0 radical (unpaired) electrons. The first kappa shape index (κ1) is 23.2. The molecule has 10 heteroatoms. The third kappa shape index (κ3) is 4.21. The summed E-state index contributed by atoms with van der Waals surface area (Å²) in [7, 11) is 1.60. The summed E-state index contributed by atoms with van der Waals surface area (Å²) in [5, 5.41) is 18.4. The number of hydrogen-bond donors (Lipinski definition) is 0. The molecule has 0 spiro atoms. The van der Waals surface area contributed by atoms with Gasteiger partial charge >= 0.3 is 6.09 Å². The molecule has 0 unspecified atom stereocenters. The molecule has 3 aromatic heterocycles. The van der Waals surface area contributed by atoms with E-state index < -0.39 is 5.60 Å². The number of carbonyl (C=O) groups is 1. The van der Waals surface area contributed by atoms with E-state index in [1.165, 1.54) is 0 Å². The van der Waals surface area contributed by atoms with E-state index in [4.69, 9.17) is 14.6 Å². The molecule has 0 N–H and O–H groups in total. The smallest absolute Gasteiger partial charge is 0.410 e. The van der Waals surface area contributed by atoms with Gasteiger partial charge in [0.25, 0.3) is 0 Å². The van der Waals surface area contributed by atoms with Crippen LogP contribution in [0.5, 0.6) is 5.75 Å². The number of ether oxygens (including phenoxy) is 2. The van der Waals surface area contributed by atoms with Crippen LogP contribution in [0, 0.1) is 18.3 Å². The first-order valence-electron chi connectivity index (χ1n) is 11.9. The number of aromatic nitrogens is 4. The predicted molar refractivity (Wildman–Crippen MR) is 129 cm³/mol. The molecule has 2 aliphatic heterocycles. The lowest BCUT2D eigenvalue weighted by Crippen LogP contribution is -2.54. The molecule has 2 aliphatic rings. The van der Waals surface area contributed by atoms with Crippen molar-refractivity contribution >= 4 is 11.6 Å². The Morgan fingerprint density at radius 2 is 1.94 bits per heavy atom.